The quantitative estimate of drug-likeness (QED) is 0.327. The molecule has 0 atom stereocenters. The van der Waals surface area contributed by atoms with Crippen LogP contribution in [0.1, 0.15) is 12.5 Å². The van der Waals surface area contributed by atoms with Gasteiger partial charge in [0.15, 0.2) is 6.61 Å². The summed E-state index contributed by atoms with van der Waals surface area (Å²) in [6, 6.07) is 12.2. The van der Waals surface area contributed by atoms with Crippen molar-refractivity contribution < 1.29 is 24.0 Å². The van der Waals surface area contributed by atoms with E-state index in [4.69, 9.17) is 4.74 Å². The fourth-order valence-electron chi connectivity index (χ4n) is 2.17. The third-order valence-electron chi connectivity index (χ3n) is 3.31. The monoisotopic (exact) mass is 383 g/mol. The molecule has 0 spiro atoms. The number of amides is 2. The normalized spacial score (nSPS) is 10.3. The van der Waals surface area contributed by atoms with E-state index in [1.807, 2.05) is 0 Å². The Morgan fingerprint density at radius 3 is 2.43 bits per heavy atom. The average Bonchev–Trinajstić information content (AvgIpc) is 2.64. The van der Waals surface area contributed by atoms with Crippen LogP contribution in [0.25, 0.3) is 6.08 Å². The van der Waals surface area contributed by atoms with Gasteiger partial charge in [-0.15, -0.1) is 0 Å². The van der Waals surface area contributed by atoms with Crippen molar-refractivity contribution in [3.8, 4) is 0 Å². The first-order valence-electron chi connectivity index (χ1n) is 8.10. The Balaban J connectivity index is 1.85. The Hall–Kier alpha value is -4.01. The molecule has 0 radical (unpaired) electrons. The van der Waals surface area contributed by atoms with Crippen molar-refractivity contribution in [1.29, 1.82) is 0 Å². The molecule has 9 nitrogen and oxygen atoms in total. The highest BCUT2D eigenvalue weighted by atomic mass is 16.6. The topological polar surface area (TPSA) is 128 Å². The van der Waals surface area contributed by atoms with E-state index >= 15 is 0 Å². The van der Waals surface area contributed by atoms with Crippen molar-refractivity contribution in [2.75, 3.05) is 17.2 Å². The average molecular weight is 383 g/mol. The van der Waals surface area contributed by atoms with Crippen LogP contribution in [0.15, 0.2) is 54.6 Å². The van der Waals surface area contributed by atoms with E-state index in [1.165, 1.54) is 31.2 Å². The molecule has 28 heavy (non-hydrogen) atoms. The Morgan fingerprint density at radius 2 is 1.75 bits per heavy atom. The molecule has 0 aliphatic heterocycles. The predicted molar refractivity (Wildman–Crippen MR) is 102 cm³/mol. The van der Waals surface area contributed by atoms with Gasteiger partial charge in [0.25, 0.3) is 11.6 Å². The van der Waals surface area contributed by atoms with Crippen LogP contribution >= 0.6 is 0 Å². The van der Waals surface area contributed by atoms with Crippen LogP contribution in [-0.4, -0.2) is 29.3 Å². The molecule has 0 fully saturated rings. The molecule has 0 saturated heterocycles. The zero-order chi connectivity index (χ0) is 20.5. The van der Waals surface area contributed by atoms with Crippen molar-refractivity contribution >= 4 is 40.9 Å². The summed E-state index contributed by atoms with van der Waals surface area (Å²) in [5.74, 6) is -1.57. The van der Waals surface area contributed by atoms with Gasteiger partial charge in [-0.1, -0.05) is 18.2 Å². The summed E-state index contributed by atoms with van der Waals surface area (Å²) in [4.78, 5) is 44.8. The SMILES string of the molecule is CC(=O)Nc1cccc(NC(=O)COC(=O)/C=C/c2cccc([N+](=O)[O-])c2)c1. The molecule has 2 aromatic rings. The van der Waals surface area contributed by atoms with Gasteiger partial charge in [-0.25, -0.2) is 4.79 Å². The standard InChI is InChI=1S/C19H17N3O6/c1-13(23)20-15-5-3-6-16(11-15)21-18(24)12-28-19(25)9-8-14-4-2-7-17(10-14)22(26)27/h2-11H,12H2,1H3,(H,20,23)(H,21,24)/b9-8+. The van der Waals surface area contributed by atoms with Gasteiger partial charge in [-0.05, 0) is 29.8 Å². The number of nitro benzene ring substituents is 1. The lowest BCUT2D eigenvalue weighted by Crippen LogP contribution is -2.20. The highest BCUT2D eigenvalue weighted by molar-refractivity contribution is 5.95. The molecule has 2 N–H and O–H groups in total. The Bertz CT molecular complexity index is 939. The lowest BCUT2D eigenvalue weighted by molar-refractivity contribution is -0.384. The van der Waals surface area contributed by atoms with Gasteiger partial charge in [0.05, 0.1) is 4.92 Å². The third kappa shape index (κ3) is 6.71. The summed E-state index contributed by atoms with van der Waals surface area (Å²) < 4.78 is 4.83. The molecule has 0 bridgehead atoms. The number of ether oxygens (including phenoxy) is 1. The van der Waals surface area contributed by atoms with Gasteiger partial charge < -0.3 is 15.4 Å². The summed E-state index contributed by atoms with van der Waals surface area (Å²) in [6.45, 7) is 0.856. The number of nitrogens with one attached hydrogen (secondary N) is 2. The first-order chi connectivity index (χ1) is 13.3. The smallest absolute Gasteiger partial charge is 0.331 e. The Kier molecular flexibility index (Phi) is 6.98. The molecular weight excluding hydrogens is 366 g/mol. The maximum atomic E-state index is 11.9. The number of carbonyl (C=O) groups is 3. The van der Waals surface area contributed by atoms with Crippen LogP contribution in [-0.2, 0) is 19.1 Å². The lowest BCUT2D eigenvalue weighted by Gasteiger charge is -2.08. The van der Waals surface area contributed by atoms with Crippen LogP contribution in [0, 0.1) is 10.1 Å². The number of esters is 1. The molecule has 0 aliphatic carbocycles. The number of hydrogen-bond acceptors (Lipinski definition) is 6. The van der Waals surface area contributed by atoms with E-state index in [1.54, 1.807) is 30.3 Å². The maximum absolute atomic E-state index is 11.9. The minimum Gasteiger partial charge on any atom is -0.452 e. The largest absolute Gasteiger partial charge is 0.452 e. The number of hydrogen-bond donors (Lipinski definition) is 2. The summed E-state index contributed by atoms with van der Waals surface area (Å²) >= 11 is 0. The second-order valence-electron chi connectivity index (χ2n) is 5.60. The molecule has 0 aliphatic rings. The van der Waals surface area contributed by atoms with Gasteiger partial charge in [0.1, 0.15) is 0 Å². The van der Waals surface area contributed by atoms with E-state index < -0.39 is 23.4 Å². The molecule has 2 amide bonds. The van der Waals surface area contributed by atoms with Crippen molar-refractivity contribution in [2.45, 2.75) is 6.92 Å². The summed E-state index contributed by atoms with van der Waals surface area (Å²) in [5, 5.41) is 15.8. The second kappa shape index (κ2) is 9.62. The fraction of sp³-hybridized carbons (Fsp3) is 0.105. The molecule has 2 aromatic carbocycles. The third-order valence-corrected chi connectivity index (χ3v) is 3.31. The zero-order valence-electron chi connectivity index (χ0n) is 14.9. The first kappa shape index (κ1) is 20.3. The lowest BCUT2D eigenvalue weighted by atomic mass is 10.2. The molecular formula is C19H17N3O6. The van der Waals surface area contributed by atoms with Crippen LogP contribution in [0.5, 0.6) is 0 Å². The van der Waals surface area contributed by atoms with Crippen molar-refractivity contribution in [3.05, 3.63) is 70.3 Å². The minimum absolute atomic E-state index is 0.101. The number of carbonyl (C=O) groups excluding carboxylic acids is 3. The highest BCUT2D eigenvalue weighted by Gasteiger charge is 2.07. The number of anilines is 2. The maximum Gasteiger partial charge on any atom is 0.331 e. The molecule has 0 unspecified atom stereocenters. The van der Waals surface area contributed by atoms with Crippen LogP contribution in [0.3, 0.4) is 0 Å². The summed E-state index contributed by atoms with van der Waals surface area (Å²) in [6.07, 6.45) is 2.42. The number of benzene rings is 2. The van der Waals surface area contributed by atoms with Crippen LogP contribution in [0.4, 0.5) is 17.1 Å². The van der Waals surface area contributed by atoms with Crippen molar-refractivity contribution in [2.24, 2.45) is 0 Å². The molecule has 144 valence electrons. The van der Waals surface area contributed by atoms with E-state index in [0.29, 0.717) is 16.9 Å². The van der Waals surface area contributed by atoms with E-state index in [2.05, 4.69) is 10.6 Å². The molecule has 2 rings (SSSR count). The fourth-order valence-corrected chi connectivity index (χ4v) is 2.17. The van der Waals surface area contributed by atoms with Crippen LogP contribution in [0.2, 0.25) is 0 Å². The minimum atomic E-state index is -0.770. The number of nitro groups is 1. The van der Waals surface area contributed by atoms with Crippen molar-refractivity contribution in [3.63, 3.8) is 0 Å². The molecule has 9 heteroatoms. The molecule has 0 saturated carbocycles. The zero-order valence-corrected chi connectivity index (χ0v) is 14.9. The highest BCUT2D eigenvalue weighted by Crippen LogP contribution is 2.15. The van der Waals surface area contributed by atoms with Gasteiger partial charge in [0, 0.05) is 36.5 Å². The van der Waals surface area contributed by atoms with Crippen molar-refractivity contribution in [1.82, 2.24) is 0 Å². The predicted octanol–water partition coefficient (Wildman–Crippen LogP) is 2.75. The van der Waals surface area contributed by atoms with E-state index in [-0.39, 0.29) is 11.6 Å². The Labute approximate surface area is 160 Å². The Morgan fingerprint density at radius 1 is 1.07 bits per heavy atom. The number of rotatable bonds is 7. The van der Waals surface area contributed by atoms with Crippen LogP contribution < -0.4 is 10.6 Å². The van der Waals surface area contributed by atoms with Gasteiger partial charge >= 0.3 is 5.97 Å². The number of non-ortho nitro benzene ring substituents is 1. The molecule has 0 heterocycles. The van der Waals surface area contributed by atoms with E-state index in [0.717, 1.165) is 6.08 Å². The molecule has 0 aromatic heterocycles. The van der Waals surface area contributed by atoms with Gasteiger partial charge in [-0.2, -0.15) is 0 Å². The number of nitrogens with zero attached hydrogens (tertiary/aromatic N) is 1. The van der Waals surface area contributed by atoms with Gasteiger partial charge in [-0.3, -0.25) is 19.7 Å². The first-order valence-corrected chi connectivity index (χ1v) is 8.10. The summed E-state index contributed by atoms with van der Waals surface area (Å²) in [7, 11) is 0. The summed E-state index contributed by atoms with van der Waals surface area (Å²) in [5.41, 5.74) is 1.29. The second-order valence-corrected chi connectivity index (χ2v) is 5.60. The van der Waals surface area contributed by atoms with E-state index in [9.17, 15) is 24.5 Å². The van der Waals surface area contributed by atoms with Gasteiger partial charge in [0.2, 0.25) is 5.91 Å².